The standard InChI is InChI=1S/C26H30N2O3/c1-31-21-11-13-25(14-12-21)16-19-10-9-18(8-7-17-5-6-17)15-22(19)26(25)23(29)28(24(30)27-26)20-3-2-4-20/h9-10,15,17,20-21H,2-6,11-14,16H2,1H3,(H,27,30). The predicted octanol–water partition coefficient (Wildman–Crippen LogP) is 3.88. The summed E-state index contributed by atoms with van der Waals surface area (Å²) >= 11 is 0. The number of carbonyl (C=O) groups is 2. The molecule has 5 aliphatic rings. The third kappa shape index (κ3) is 2.74. The van der Waals surface area contributed by atoms with Crippen LogP contribution in [0.1, 0.15) is 74.5 Å². The molecule has 1 unspecified atom stereocenters. The molecule has 5 nitrogen and oxygen atoms in total. The predicted molar refractivity (Wildman–Crippen MR) is 116 cm³/mol. The SMILES string of the molecule is COC1CCC2(CC1)Cc1ccc(C#CC3CC3)cc1C21NC(=O)N(C2CCC2)C1=O. The molecule has 5 heteroatoms. The lowest BCUT2D eigenvalue weighted by Gasteiger charge is -2.46. The number of urea groups is 1. The quantitative estimate of drug-likeness (QED) is 0.586. The van der Waals surface area contributed by atoms with Crippen molar-refractivity contribution < 1.29 is 14.3 Å². The van der Waals surface area contributed by atoms with E-state index < -0.39 is 5.54 Å². The zero-order chi connectivity index (χ0) is 21.2. The molecule has 3 saturated carbocycles. The Hall–Kier alpha value is -2.32. The van der Waals surface area contributed by atoms with Gasteiger partial charge in [0, 0.05) is 30.0 Å². The third-order valence-corrected chi connectivity index (χ3v) is 8.55. The first-order valence-electron chi connectivity index (χ1n) is 11.9. The molecule has 1 atom stereocenters. The fourth-order valence-corrected chi connectivity index (χ4v) is 6.35. The van der Waals surface area contributed by atoms with Crippen LogP contribution >= 0.6 is 0 Å². The summed E-state index contributed by atoms with van der Waals surface area (Å²) in [5.74, 6) is 7.17. The zero-order valence-corrected chi connectivity index (χ0v) is 18.2. The molecule has 4 fully saturated rings. The highest BCUT2D eigenvalue weighted by Gasteiger charge is 2.68. The van der Waals surface area contributed by atoms with Crippen LogP contribution in [0.15, 0.2) is 18.2 Å². The molecule has 3 amide bonds. The molecule has 1 aromatic carbocycles. The van der Waals surface area contributed by atoms with Gasteiger partial charge in [-0.1, -0.05) is 17.9 Å². The molecule has 162 valence electrons. The highest BCUT2D eigenvalue weighted by atomic mass is 16.5. The van der Waals surface area contributed by atoms with Crippen LogP contribution in [0.4, 0.5) is 4.79 Å². The first kappa shape index (κ1) is 19.4. The van der Waals surface area contributed by atoms with Crippen LogP contribution in [0.5, 0.6) is 0 Å². The fraction of sp³-hybridized carbons (Fsp3) is 0.615. The molecule has 1 heterocycles. The molecular weight excluding hydrogens is 388 g/mol. The number of hydrogen-bond acceptors (Lipinski definition) is 3. The van der Waals surface area contributed by atoms with E-state index in [1.807, 2.05) is 0 Å². The maximum atomic E-state index is 14.1. The minimum Gasteiger partial charge on any atom is -0.381 e. The number of benzene rings is 1. The van der Waals surface area contributed by atoms with Crippen LogP contribution in [0.3, 0.4) is 0 Å². The second kappa shape index (κ2) is 6.84. The first-order valence-corrected chi connectivity index (χ1v) is 11.9. The minimum atomic E-state index is -0.953. The van der Waals surface area contributed by atoms with Gasteiger partial charge in [0.2, 0.25) is 0 Å². The lowest BCUT2D eigenvalue weighted by molar-refractivity contribution is -0.141. The van der Waals surface area contributed by atoms with Gasteiger partial charge in [-0.25, -0.2) is 4.79 Å². The van der Waals surface area contributed by atoms with Crippen molar-refractivity contribution in [2.24, 2.45) is 11.3 Å². The number of amides is 3. The number of imide groups is 1. The van der Waals surface area contributed by atoms with Gasteiger partial charge < -0.3 is 10.1 Å². The van der Waals surface area contributed by atoms with Crippen LogP contribution in [-0.2, 0) is 21.5 Å². The molecule has 1 N–H and O–H groups in total. The average molecular weight is 419 g/mol. The number of nitrogens with zero attached hydrogens (tertiary/aromatic N) is 1. The summed E-state index contributed by atoms with van der Waals surface area (Å²) in [6, 6.07) is 6.19. The van der Waals surface area contributed by atoms with Crippen LogP contribution in [0.25, 0.3) is 0 Å². The number of rotatable bonds is 2. The smallest absolute Gasteiger partial charge is 0.325 e. The van der Waals surface area contributed by atoms with E-state index in [4.69, 9.17) is 4.74 Å². The minimum absolute atomic E-state index is 0.0240. The number of ether oxygens (including phenoxy) is 1. The van der Waals surface area contributed by atoms with E-state index in [0.29, 0.717) is 5.92 Å². The van der Waals surface area contributed by atoms with Crippen molar-refractivity contribution in [1.29, 1.82) is 0 Å². The number of carbonyl (C=O) groups excluding carboxylic acids is 2. The highest BCUT2D eigenvalue weighted by molar-refractivity contribution is 6.09. The van der Waals surface area contributed by atoms with Crippen LogP contribution in [0, 0.1) is 23.2 Å². The molecule has 4 aliphatic carbocycles. The summed E-state index contributed by atoms with van der Waals surface area (Å²) in [5, 5.41) is 3.28. The topological polar surface area (TPSA) is 58.6 Å². The number of nitrogens with one attached hydrogen (secondary N) is 1. The molecule has 1 aliphatic heterocycles. The van der Waals surface area contributed by atoms with E-state index in [0.717, 1.165) is 62.5 Å². The Morgan fingerprint density at radius 1 is 1.10 bits per heavy atom. The molecule has 1 aromatic rings. The van der Waals surface area contributed by atoms with Crippen molar-refractivity contribution in [3.63, 3.8) is 0 Å². The maximum Gasteiger partial charge on any atom is 0.325 e. The number of methoxy groups -OCH3 is 1. The molecular formula is C26H30N2O3. The van der Waals surface area contributed by atoms with Crippen molar-refractivity contribution in [2.75, 3.05) is 7.11 Å². The Bertz CT molecular complexity index is 1010. The van der Waals surface area contributed by atoms with Gasteiger partial charge in [0.25, 0.3) is 5.91 Å². The Morgan fingerprint density at radius 2 is 1.87 bits per heavy atom. The monoisotopic (exact) mass is 418 g/mol. The van der Waals surface area contributed by atoms with Gasteiger partial charge in [0.05, 0.1) is 6.10 Å². The van der Waals surface area contributed by atoms with Crippen molar-refractivity contribution in [2.45, 2.75) is 81.9 Å². The first-order chi connectivity index (χ1) is 15.1. The summed E-state index contributed by atoms with van der Waals surface area (Å²) in [4.78, 5) is 28.9. The molecule has 2 spiro atoms. The van der Waals surface area contributed by atoms with Gasteiger partial charge in [-0.15, -0.1) is 0 Å². The number of fused-ring (bicyclic) bond motifs is 3. The molecule has 0 aromatic heterocycles. The lowest BCUT2D eigenvalue weighted by atomic mass is 9.61. The molecule has 1 saturated heterocycles. The van der Waals surface area contributed by atoms with Gasteiger partial charge in [-0.2, -0.15) is 0 Å². The van der Waals surface area contributed by atoms with Crippen LogP contribution < -0.4 is 5.32 Å². The second-order valence-electron chi connectivity index (χ2n) is 10.2. The molecule has 6 rings (SSSR count). The van der Waals surface area contributed by atoms with Crippen molar-refractivity contribution in [3.05, 3.63) is 34.9 Å². The zero-order valence-electron chi connectivity index (χ0n) is 18.2. The van der Waals surface area contributed by atoms with E-state index in [1.54, 1.807) is 12.0 Å². The second-order valence-corrected chi connectivity index (χ2v) is 10.2. The Morgan fingerprint density at radius 3 is 2.52 bits per heavy atom. The highest BCUT2D eigenvalue weighted by Crippen LogP contribution is 2.60. The molecule has 0 radical (unpaired) electrons. The van der Waals surface area contributed by atoms with Gasteiger partial charge >= 0.3 is 6.03 Å². The molecule has 0 bridgehead atoms. The lowest BCUT2D eigenvalue weighted by Crippen LogP contribution is -2.57. The average Bonchev–Trinajstić information content (AvgIpc) is 3.49. The largest absolute Gasteiger partial charge is 0.381 e. The Labute approximate surface area is 183 Å². The van der Waals surface area contributed by atoms with E-state index in [9.17, 15) is 9.59 Å². The van der Waals surface area contributed by atoms with Gasteiger partial charge in [-0.05, 0) is 87.5 Å². The van der Waals surface area contributed by atoms with Gasteiger partial charge in [-0.3, -0.25) is 9.69 Å². The van der Waals surface area contributed by atoms with Gasteiger partial charge in [0.1, 0.15) is 0 Å². The summed E-state index contributed by atoms with van der Waals surface area (Å²) in [7, 11) is 1.77. The van der Waals surface area contributed by atoms with E-state index >= 15 is 0 Å². The van der Waals surface area contributed by atoms with Gasteiger partial charge in [0.15, 0.2) is 5.54 Å². The Kier molecular flexibility index (Phi) is 4.27. The summed E-state index contributed by atoms with van der Waals surface area (Å²) in [6.45, 7) is 0. The van der Waals surface area contributed by atoms with E-state index in [-0.39, 0.29) is 29.5 Å². The normalized spacial score (nSPS) is 34.5. The van der Waals surface area contributed by atoms with Crippen molar-refractivity contribution in [3.8, 4) is 11.8 Å². The summed E-state index contributed by atoms with van der Waals surface area (Å²) in [5.41, 5.74) is 1.91. The number of hydrogen-bond donors (Lipinski definition) is 1. The van der Waals surface area contributed by atoms with E-state index in [2.05, 4.69) is 35.4 Å². The Balaban J connectivity index is 1.45. The maximum absolute atomic E-state index is 14.1. The summed E-state index contributed by atoms with van der Waals surface area (Å²) < 4.78 is 5.63. The molecule has 31 heavy (non-hydrogen) atoms. The van der Waals surface area contributed by atoms with E-state index in [1.165, 1.54) is 18.4 Å². The summed E-state index contributed by atoms with van der Waals surface area (Å²) in [6.07, 6.45) is 10.0. The van der Waals surface area contributed by atoms with Crippen LogP contribution in [0.2, 0.25) is 0 Å². The fourth-order valence-electron chi connectivity index (χ4n) is 6.35. The van der Waals surface area contributed by atoms with Crippen molar-refractivity contribution >= 4 is 11.9 Å². The van der Waals surface area contributed by atoms with Crippen molar-refractivity contribution in [1.82, 2.24) is 10.2 Å². The third-order valence-electron chi connectivity index (χ3n) is 8.55. The van der Waals surface area contributed by atoms with Crippen LogP contribution in [-0.4, -0.2) is 36.1 Å².